The minimum absolute atomic E-state index is 0.112. The van der Waals surface area contributed by atoms with Crippen LogP contribution in [0.4, 0.5) is 0 Å². The van der Waals surface area contributed by atoms with Gasteiger partial charge in [-0.25, -0.2) is 0 Å². The normalized spacial score (nSPS) is 18.7. The lowest BCUT2D eigenvalue weighted by Crippen LogP contribution is -2.47. The van der Waals surface area contributed by atoms with E-state index in [2.05, 4.69) is 22.8 Å². The van der Waals surface area contributed by atoms with E-state index in [0.29, 0.717) is 12.5 Å². The Morgan fingerprint density at radius 3 is 2.41 bits per heavy atom. The molecule has 1 fully saturated rings. The van der Waals surface area contributed by atoms with Crippen molar-refractivity contribution in [2.45, 2.75) is 26.2 Å². The van der Waals surface area contributed by atoms with Crippen LogP contribution in [0.5, 0.6) is 0 Å². The number of furan rings is 1. The first kappa shape index (κ1) is 17.5. The maximum absolute atomic E-state index is 8.67. The number of nitrogens with zero attached hydrogens (tertiary/aromatic N) is 2. The SMILES string of the molecule is Cc1ccc([C@H](C)CCN2CCN(CCOCCO)CC2)o1. The molecule has 1 aromatic rings. The van der Waals surface area contributed by atoms with Gasteiger partial charge >= 0.3 is 0 Å². The third kappa shape index (κ3) is 5.72. The van der Waals surface area contributed by atoms with Crippen LogP contribution in [0.1, 0.15) is 30.8 Å². The average molecular weight is 310 g/mol. The molecule has 22 heavy (non-hydrogen) atoms. The highest BCUT2D eigenvalue weighted by Gasteiger charge is 2.18. The summed E-state index contributed by atoms with van der Waals surface area (Å²) in [6, 6.07) is 4.15. The summed E-state index contributed by atoms with van der Waals surface area (Å²) < 4.78 is 11.0. The van der Waals surface area contributed by atoms with Crippen LogP contribution >= 0.6 is 0 Å². The first-order valence-corrected chi connectivity index (χ1v) is 8.38. The second-order valence-electron chi connectivity index (χ2n) is 6.16. The Morgan fingerprint density at radius 2 is 1.82 bits per heavy atom. The van der Waals surface area contributed by atoms with Gasteiger partial charge in [-0.1, -0.05) is 6.92 Å². The van der Waals surface area contributed by atoms with E-state index in [-0.39, 0.29) is 6.61 Å². The predicted octanol–water partition coefficient (Wildman–Crippen LogP) is 1.71. The molecule has 0 unspecified atom stereocenters. The summed E-state index contributed by atoms with van der Waals surface area (Å²) in [5.74, 6) is 2.59. The van der Waals surface area contributed by atoms with E-state index >= 15 is 0 Å². The van der Waals surface area contributed by atoms with Gasteiger partial charge < -0.3 is 19.2 Å². The third-order valence-electron chi connectivity index (χ3n) is 4.38. The van der Waals surface area contributed by atoms with Crippen LogP contribution in [0, 0.1) is 6.92 Å². The van der Waals surface area contributed by atoms with Gasteiger partial charge in [-0.05, 0) is 32.0 Å². The molecule has 2 rings (SSSR count). The number of ether oxygens (including phenoxy) is 1. The minimum Gasteiger partial charge on any atom is -0.466 e. The Kier molecular flexibility index (Phi) is 7.39. The van der Waals surface area contributed by atoms with Crippen molar-refractivity contribution in [3.8, 4) is 0 Å². The van der Waals surface area contributed by atoms with E-state index in [9.17, 15) is 0 Å². The van der Waals surface area contributed by atoms with Gasteiger partial charge in [-0.3, -0.25) is 4.90 Å². The molecule has 0 radical (unpaired) electrons. The first-order valence-electron chi connectivity index (χ1n) is 8.38. The molecule has 126 valence electrons. The zero-order chi connectivity index (χ0) is 15.8. The summed E-state index contributed by atoms with van der Waals surface area (Å²) in [7, 11) is 0. The van der Waals surface area contributed by atoms with Crippen LogP contribution in [0.3, 0.4) is 0 Å². The van der Waals surface area contributed by atoms with E-state index in [1.807, 2.05) is 13.0 Å². The van der Waals surface area contributed by atoms with Gasteiger partial charge in [0.05, 0.1) is 19.8 Å². The van der Waals surface area contributed by atoms with Gasteiger partial charge in [0.25, 0.3) is 0 Å². The van der Waals surface area contributed by atoms with E-state index in [0.717, 1.165) is 63.8 Å². The monoisotopic (exact) mass is 310 g/mol. The average Bonchev–Trinajstić information content (AvgIpc) is 2.97. The predicted molar refractivity (Wildman–Crippen MR) is 87.3 cm³/mol. The van der Waals surface area contributed by atoms with Gasteiger partial charge in [0.2, 0.25) is 0 Å². The van der Waals surface area contributed by atoms with E-state index < -0.39 is 0 Å². The highest BCUT2D eigenvalue weighted by atomic mass is 16.5. The summed E-state index contributed by atoms with van der Waals surface area (Å²) in [6.45, 7) is 12.1. The summed E-state index contributed by atoms with van der Waals surface area (Å²) in [4.78, 5) is 4.98. The Hall–Kier alpha value is -0.880. The van der Waals surface area contributed by atoms with Gasteiger partial charge in [0, 0.05) is 38.6 Å². The first-order chi connectivity index (χ1) is 10.7. The number of piperazine rings is 1. The van der Waals surface area contributed by atoms with Crippen molar-refractivity contribution in [3.63, 3.8) is 0 Å². The number of aliphatic hydroxyl groups is 1. The number of aryl methyl sites for hydroxylation is 1. The molecule has 0 spiro atoms. The molecule has 0 amide bonds. The minimum atomic E-state index is 0.112. The maximum Gasteiger partial charge on any atom is 0.107 e. The van der Waals surface area contributed by atoms with Crippen LogP contribution in [0.2, 0.25) is 0 Å². The van der Waals surface area contributed by atoms with Crippen molar-refractivity contribution in [2.24, 2.45) is 0 Å². The molecular formula is C17H30N2O3. The topological polar surface area (TPSA) is 49.1 Å². The molecule has 1 N–H and O–H groups in total. The fourth-order valence-corrected chi connectivity index (χ4v) is 2.83. The molecule has 1 saturated heterocycles. The molecular weight excluding hydrogens is 280 g/mol. The lowest BCUT2D eigenvalue weighted by atomic mass is 10.0. The van der Waals surface area contributed by atoms with Crippen LogP contribution < -0.4 is 0 Å². The molecule has 1 aliphatic heterocycles. The van der Waals surface area contributed by atoms with Gasteiger partial charge in [-0.2, -0.15) is 0 Å². The molecule has 1 aliphatic rings. The van der Waals surface area contributed by atoms with Crippen molar-refractivity contribution in [2.75, 3.05) is 59.1 Å². The third-order valence-corrected chi connectivity index (χ3v) is 4.38. The number of rotatable bonds is 9. The van der Waals surface area contributed by atoms with Gasteiger partial charge in [0.15, 0.2) is 0 Å². The molecule has 1 aromatic heterocycles. The Labute approximate surface area is 133 Å². The zero-order valence-electron chi connectivity index (χ0n) is 14.0. The van der Waals surface area contributed by atoms with Crippen LogP contribution in [-0.2, 0) is 4.74 Å². The van der Waals surface area contributed by atoms with Gasteiger partial charge in [-0.15, -0.1) is 0 Å². The van der Waals surface area contributed by atoms with Crippen molar-refractivity contribution in [1.29, 1.82) is 0 Å². The molecule has 0 aromatic carbocycles. The standard InChI is InChI=1S/C17H30N2O3/c1-15(17-4-3-16(2)22-17)5-6-18-7-9-19(10-8-18)11-13-21-14-12-20/h3-4,15,20H,5-14H2,1-2H3/t15-/m1/s1. The lowest BCUT2D eigenvalue weighted by molar-refractivity contribution is 0.0571. The van der Waals surface area contributed by atoms with Gasteiger partial charge in [0.1, 0.15) is 11.5 Å². The number of hydrogen-bond acceptors (Lipinski definition) is 5. The molecule has 0 aliphatic carbocycles. The van der Waals surface area contributed by atoms with Crippen molar-refractivity contribution in [1.82, 2.24) is 9.80 Å². The molecule has 0 bridgehead atoms. The Morgan fingerprint density at radius 1 is 1.14 bits per heavy atom. The largest absolute Gasteiger partial charge is 0.466 e. The second kappa shape index (κ2) is 9.30. The van der Waals surface area contributed by atoms with Crippen molar-refractivity contribution in [3.05, 3.63) is 23.7 Å². The van der Waals surface area contributed by atoms with Crippen LogP contribution in [0.15, 0.2) is 16.5 Å². The number of aliphatic hydroxyl groups excluding tert-OH is 1. The maximum atomic E-state index is 8.67. The Balaban J connectivity index is 1.59. The van der Waals surface area contributed by atoms with Crippen LogP contribution in [0.25, 0.3) is 0 Å². The molecule has 5 nitrogen and oxygen atoms in total. The molecule has 1 atom stereocenters. The molecule has 2 heterocycles. The van der Waals surface area contributed by atoms with Crippen molar-refractivity contribution < 1.29 is 14.3 Å². The summed E-state index contributed by atoms with van der Waals surface area (Å²) >= 11 is 0. The van der Waals surface area contributed by atoms with Crippen LogP contribution in [-0.4, -0.2) is 74.0 Å². The smallest absolute Gasteiger partial charge is 0.107 e. The fraction of sp³-hybridized carbons (Fsp3) is 0.765. The molecule has 5 heteroatoms. The summed E-state index contributed by atoms with van der Waals surface area (Å²) in [5, 5.41) is 8.67. The fourth-order valence-electron chi connectivity index (χ4n) is 2.83. The lowest BCUT2D eigenvalue weighted by Gasteiger charge is -2.34. The summed E-state index contributed by atoms with van der Waals surface area (Å²) in [5.41, 5.74) is 0. The highest BCUT2D eigenvalue weighted by Crippen LogP contribution is 2.21. The summed E-state index contributed by atoms with van der Waals surface area (Å²) in [6.07, 6.45) is 1.15. The van der Waals surface area contributed by atoms with E-state index in [4.69, 9.17) is 14.3 Å². The molecule has 0 saturated carbocycles. The quantitative estimate of drug-likeness (QED) is 0.704. The van der Waals surface area contributed by atoms with Crippen molar-refractivity contribution >= 4 is 0 Å². The zero-order valence-corrected chi connectivity index (χ0v) is 14.0. The van der Waals surface area contributed by atoms with E-state index in [1.54, 1.807) is 0 Å². The highest BCUT2D eigenvalue weighted by molar-refractivity contribution is 5.09. The Bertz CT molecular complexity index is 414. The van der Waals surface area contributed by atoms with E-state index in [1.165, 1.54) is 0 Å². The second-order valence-corrected chi connectivity index (χ2v) is 6.16. The number of hydrogen-bond donors (Lipinski definition) is 1.